The topological polar surface area (TPSA) is 55.6 Å². The maximum absolute atomic E-state index is 12.3. The van der Waals surface area contributed by atoms with Crippen LogP contribution in [0.1, 0.15) is 45.4 Å². The Balaban J connectivity index is 1.78. The highest BCUT2D eigenvalue weighted by molar-refractivity contribution is 5.76. The van der Waals surface area contributed by atoms with Crippen LogP contribution in [0.25, 0.3) is 0 Å². The molecule has 18 heavy (non-hydrogen) atoms. The van der Waals surface area contributed by atoms with Gasteiger partial charge in [-0.15, -0.1) is 0 Å². The van der Waals surface area contributed by atoms with Crippen molar-refractivity contribution in [1.82, 2.24) is 4.90 Å². The first-order valence-corrected chi connectivity index (χ1v) is 7.32. The summed E-state index contributed by atoms with van der Waals surface area (Å²) in [6.45, 7) is 4.56. The molecule has 1 amide bonds. The van der Waals surface area contributed by atoms with Gasteiger partial charge in [0.2, 0.25) is 5.91 Å². The van der Waals surface area contributed by atoms with E-state index in [1.54, 1.807) is 0 Å². The van der Waals surface area contributed by atoms with Crippen molar-refractivity contribution in [2.24, 2.45) is 11.7 Å². The lowest BCUT2D eigenvalue weighted by Crippen LogP contribution is -2.47. The van der Waals surface area contributed by atoms with Crippen LogP contribution in [0.15, 0.2) is 0 Å². The van der Waals surface area contributed by atoms with Gasteiger partial charge in [0.05, 0.1) is 6.10 Å². The fourth-order valence-electron chi connectivity index (χ4n) is 3.02. The van der Waals surface area contributed by atoms with Crippen LogP contribution in [-0.4, -0.2) is 42.6 Å². The fraction of sp³-hybridized carbons (Fsp3) is 0.929. The molecule has 2 aliphatic heterocycles. The monoisotopic (exact) mass is 254 g/mol. The second-order valence-electron chi connectivity index (χ2n) is 5.75. The molecule has 104 valence electrons. The maximum Gasteiger partial charge on any atom is 0.222 e. The molecular formula is C14H26N2O2. The number of rotatable bonds is 4. The van der Waals surface area contributed by atoms with Gasteiger partial charge >= 0.3 is 0 Å². The summed E-state index contributed by atoms with van der Waals surface area (Å²) in [5.41, 5.74) is 5.73. The summed E-state index contributed by atoms with van der Waals surface area (Å²) in [7, 11) is 0. The molecule has 0 aromatic rings. The van der Waals surface area contributed by atoms with Crippen molar-refractivity contribution < 1.29 is 9.53 Å². The molecule has 3 unspecified atom stereocenters. The lowest BCUT2D eigenvalue weighted by atomic mass is 9.93. The lowest BCUT2D eigenvalue weighted by Gasteiger charge is -2.38. The van der Waals surface area contributed by atoms with E-state index < -0.39 is 0 Å². The molecule has 3 atom stereocenters. The Morgan fingerprint density at radius 1 is 1.39 bits per heavy atom. The summed E-state index contributed by atoms with van der Waals surface area (Å²) in [5, 5.41) is 0. The van der Waals surface area contributed by atoms with E-state index >= 15 is 0 Å². The van der Waals surface area contributed by atoms with Crippen molar-refractivity contribution in [3.8, 4) is 0 Å². The molecule has 0 bridgehead atoms. The molecule has 2 aliphatic rings. The Bertz CT molecular complexity index is 277. The number of ether oxygens (including phenoxy) is 1. The molecule has 2 heterocycles. The number of carbonyl (C=O) groups excluding carboxylic acids is 1. The predicted octanol–water partition coefficient (Wildman–Crippen LogP) is 1.53. The van der Waals surface area contributed by atoms with Crippen LogP contribution in [-0.2, 0) is 9.53 Å². The minimum Gasteiger partial charge on any atom is -0.378 e. The summed E-state index contributed by atoms with van der Waals surface area (Å²) < 4.78 is 5.57. The number of hydrogen-bond acceptors (Lipinski definition) is 3. The molecule has 0 spiro atoms. The SMILES string of the molecule is CC1CCC(CN)CN1C(=O)CCC1CCCO1. The van der Waals surface area contributed by atoms with Gasteiger partial charge in [-0.25, -0.2) is 0 Å². The molecule has 0 aromatic carbocycles. The van der Waals surface area contributed by atoms with Crippen molar-refractivity contribution in [3.63, 3.8) is 0 Å². The second-order valence-corrected chi connectivity index (χ2v) is 5.75. The first-order chi connectivity index (χ1) is 8.70. The van der Waals surface area contributed by atoms with Crippen molar-refractivity contribution in [2.75, 3.05) is 19.7 Å². The quantitative estimate of drug-likeness (QED) is 0.828. The van der Waals surface area contributed by atoms with E-state index in [4.69, 9.17) is 10.5 Å². The molecule has 0 aliphatic carbocycles. The van der Waals surface area contributed by atoms with Gasteiger partial charge in [0, 0.05) is 25.6 Å². The molecular weight excluding hydrogens is 228 g/mol. The number of amides is 1. The first-order valence-electron chi connectivity index (χ1n) is 7.32. The number of nitrogens with two attached hydrogens (primary N) is 1. The summed E-state index contributed by atoms with van der Waals surface area (Å²) in [4.78, 5) is 14.3. The highest BCUT2D eigenvalue weighted by Crippen LogP contribution is 2.23. The molecule has 2 saturated heterocycles. The van der Waals surface area contributed by atoms with Crippen LogP contribution in [0.3, 0.4) is 0 Å². The van der Waals surface area contributed by atoms with Gasteiger partial charge in [0.15, 0.2) is 0 Å². The van der Waals surface area contributed by atoms with Crippen LogP contribution >= 0.6 is 0 Å². The van der Waals surface area contributed by atoms with Gasteiger partial charge in [-0.1, -0.05) is 0 Å². The highest BCUT2D eigenvalue weighted by atomic mass is 16.5. The van der Waals surface area contributed by atoms with E-state index in [1.165, 1.54) is 0 Å². The van der Waals surface area contributed by atoms with Crippen LogP contribution in [0, 0.1) is 5.92 Å². The number of carbonyl (C=O) groups is 1. The Hall–Kier alpha value is -0.610. The number of piperidine rings is 1. The Morgan fingerprint density at radius 3 is 2.89 bits per heavy atom. The fourth-order valence-corrected chi connectivity index (χ4v) is 3.02. The van der Waals surface area contributed by atoms with E-state index in [0.717, 1.165) is 45.3 Å². The van der Waals surface area contributed by atoms with E-state index in [2.05, 4.69) is 6.92 Å². The van der Waals surface area contributed by atoms with Crippen LogP contribution in [0.2, 0.25) is 0 Å². The first kappa shape index (κ1) is 13.8. The van der Waals surface area contributed by atoms with Crippen LogP contribution in [0.5, 0.6) is 0 Å². The summed E-state index contributed by atoms with van der Waals surface area (Å²) in [5.74, 6) is 0.782. The van der Waals surface area contributed by atoms with E-state index in [-0.39, 0.29) is 5.91 Å². The molecule has 2 rings (SSSR count). The van der Waals surface area contributed by atoms with E-state index in [0.29, 0.717) is 31.0 Å². The number of hydrogen-bond donors (Lipinski definition) is 1. The number of likely N-dealkylation sites (tertiary alicyclic amines) is 1. The summed E-state index contributed by atoms with van der Waals surface area (Å²) in [6, 6.07) is 0.379. The normalized spacial score (nSPS) is 32.8. The van der Waals surface area contributed by atoms with Crippen LogP contribution < -0.4 is 5.73 Å². The zero-order chi connectivity index (χ0) is 13.0. The van der Waals surface area contributed by atoms with Crippen molar-refractivity contribution >= 4 is 5.91 Å². The molecule has 4 nitrogen and oxygen atoms in total. The Kier molecular flexibility index (Phi) is 5.01. The zero-order valence-corrected chi connectivity index (χ0v) is 11.4. The molecule has 4 heteroatoms. The van der Waals surface area contributed by atoms with Gasteiger partial charge in [-0.3, -0.25) is 4.79 Å². The number of nitrogens with zero attached hydrogens (tertiary/aromatic N) is 1. The third-order valence-corrected chi connectivity index (χ3v) is 4.34. The molecule has 0 aromatic heterocycles. The largest absolute Gasteiger partial charge is 0.378 e. The minimum atomic E-state index is 0.288. The molecule has 0 radical (unpaired) electrons. The lowest BCUT2D eigenvalue weighted by molar-refractivity contribution is -0.136. The Morgan fingerprint density at radius 2 is 2.22 bits per heavy atom. The van der Waals surface area contributed by atoms with Gasteiger partial charge in [0.25, 0.3) is 0 Å². The van der Waals surface area contributed by atoms with Crippen molar-refractivity contribution in [2.45, 2.75) is 57.6 Å². The van der Waals surface area contributed by atoms with Gasteiger partial charge < -0.3 is 15.4 Å². The van der Waals surface area contributed by atoms with Gasteiger partial charge in [-0.05, 0) is 51.5 Å². The third-order valence-electron chi connectivity index (χ3n) is 4.34. The Labute approximate surface area is 110 Å². The molecule has 2 fully saturated rings. The average Bonchev–Trinajstić information content (AvgIpc) is 2.89. The third kappa shape index (κ3) is 3.45. The van der Waals surface area contributed by atoms with Gasteiger partial charge in [-0.2, -0.15) is 0 Å². The minimum absolute atomic E-state index is 0.288. The van der Waals surface area contributed by atoms with E-state index in [1.807, 2.05) is 4.90 Å². The van der Waals surface area contributed by atoms with Crippen LogP contribution in [0.4, 0.5) is 0 Å². The molecule has 0 saturated carbocycles. The standard InChI is InChI=1S/C14H26N2O2/c1-11-4-5-12(9-15)10-16(11)14(17)7-6-13-3-2-8-18-13/h11-13H,2-10,15H2,1H3. The van der Waals surface area contributed by atoms with Gasteiger partial charge in [0.1, 0.15) is 0 Å². The predicted molar refractivity (Wildman–Crippen MR) is 71.2 cm³/mol. The second kappa shape index (κ2) is 6.53. The summed E-state index contributed by atoms with van der Waals surface area (Å²) in [6.07, 6.45) is 6.35. The van der Waals surface area contributed by atoms with Crippen molar-refractivity contribution in [1.29, 1.82) is 0 Å². The van der Waals surface area contributed by atoms with E-state index in [9.17, 15) is 4.79 Å². The van der Waals surface area contributed by atoms with Crippen molar-refractivity contribution in [3.05, 3.63) is 0 Å². The average molecular weight is 254 g/mol. The molecule has 2 N–H and O–H groups in total. The maximum atomic E-state index is 12.3. The summed E-state index contributed by atoms with van der Waals surface area (Å²) >= 11 is 0. The highest BCUT2D eigenvalue weighted by Gasteiger charge is 2.28. The zero-order valence-electron chi connectivity index (χ0n) is 11.4. The smallest absolute Gasteiger partial charge is 0.222 e.